The van der Waals surface area contributed by atoms with Crippen LogP contribution in [0.4, 0.5) is 0 Å². The van der Waals surface area contributed by atoms with Crippen molar-refractivity contribution in [3.05, 3.63) is 0 Å². The van der Waals surface area contributed by atoms with E-state index in [1.807, 2.05) is 64.8 Å². The largest absolute Gasteiger partial charge is 0.481 e. The smallest absolute Gasteiger partial charge is 0.320 e. The molecule has 23 heteroatoms. The van der Waals surface area contributed by atoms with Crippen LogP contribution in [0.15, 0.2) is 0 Å². The van der Waals surface area contributed by atoms with Gasteiger partial charge in [0.25, 0.3) is 0 Å². The summed E-state index contributed by atoms with van der Waals surface area (Å²) in [5.74, 6) is -4.43. The molecule has 2 fully saturated rings. The molecule has 0 saturated carbocycles. The maximum absolute atomic E-state index is 12.5. The van der Waals surface area contributed by atoms with Gasteiger partial charge in [-0.15, -0.1) is 0 Å². The molecule has 2 atom stereocenters. The minimum Gasteiger partial charge on any atom is -0.481 e. The van der Waals surface area contributed by atoms with Gasteiger partial charge in [0.2, 0.25) is 11.8 Å². The molecular formula is C47H83N3O14S6. The second-order valence-corrected chi connectivity index (χ2v) is 26.7. The lowest BCUT2D eigenvalue weighted by Gasteiger charge is -2.13. The van der Waals surface area contributed by atoms with Crippen molar-refractivity contribution >= 4 is 106 Å². The highest BCUT2D eigenvalue weighted by atomic mass is 33.2. The first-order chi connectivity index (χ1) is 33.8. The van der Waals surface area contributed by atoms with Crippen LogP contribution >= 0.6 is 64.8 Å². The van der Waals surface area contributed by atoms with Gasteiger partial charge >= 0.3 is 17.9 Å². The number of amides is 2. The molecule has 2 saturated heterocycles. The maximum atomic E-state index is 12.5. The van der Waals surface area contributed by atoms with Gasteiger partial charge in [0.1, 0.15) is 25.0 Å². The van der Waals surface area contributed by atoms with E-state index in [1.165, 1.54) is 62.9 Å². The lowest BCUT2D eigenvalue weighted by Crippen LogP contribution is -2.31. The first kappa shape index (κ1) is 66.6. The summed E-state index contributed by atoms with van der Waals surface area (Å²) in [5, 5.41) is 33.6. The van der Waals surface area contributed by atoms with Crippen LogP contribution in [-0.4, -0.2) is 136 Å². The van der Waals surface area contributed by atoms with E-state index in [2.05, 4.69) is 10.6 Å². The van der Waals surface area contributed by atoms with Crippen molar-refractivity contribution in [2.45, 2.75) is 176 Å². The van der Waals surface area contributed by atoms with Crippen molar-refractivity contribution in [3.8, 4) is 0 Å². The average Bonchev–Trinajstić information content (AvgIpc) is 4.08. The van der Waals surface area contributed by atoms with Crippen LogP contribution < -0.4 is 16.4 Å². The summed E-state index contributed by atoms with van der Waals surface area (Å²) in [7, 11) is 12.0. The van der Waals surface area contributed by atoms with Crippen LogP contribution in [0, 0.1) is 5.92 Å². The third kappa shape index (κ3) is 43.0. The summed E-state index contributed by atoms with van der Waals surface area (Å²) < 4.78 is 21.9. The lowest BCUT2D eigenvalue weighted by molar-refractivity contribution is -0.144. The highest BCUT2D eigenvalue weighted by molar-refractivity contribution is 9.14. The quantitative estimate of drug-likeness (QED) is 0.0188. The molecule has 0 aromatic heterocycles. The third-order valence-electron chi connectivity index (χ3n) is 10.9. The number of carboxylic acids is 3. The van der Waals surface area contributed by atoms with Crippen molar-refractivity contribution in [3.63, 3.8) is 0 Å². The molecule has 2 amide bonds. The Kier molecular flexibility index (Phi) is 43.9. The Labute approximate surface area is 440 Å². The van der Waals surface area contributed by atoms with Crippen LogP contribution in [0.3, 0.4) is 0 Å². The number of carboxylic acid groups (broad SMARTS) is 3. The van der Waals surface area contributed by atoms with E-state index in [1.54, 1.807) is 0 Å². The molecular weight excluding hydrogens is 1020 g/mol. The fraction of sp³-hybridized carbons (Fsp3) is 0.851. The average molecular weight is 1110 g/mol. The number of hydrogen-bond donors (Lipinski definition) is 6. The van der Waals surface area contributed by atoms with Crippen LogP contribution in [0.25, 0.3) is 0 Å². The fourth-order valence-electron chi connectivity index (χ4n) is 6.86. The summed E-state index contributed by atoms with van der Waals surface area (Å²) >= 11 is 0. The number of hydrogen-bond acceptors (Lipinski definition) is 18. The number of ketones is 2. The van der Waals surface area contributed by atoms with Gasteiger partial charge in [-0.05, 0) is 66.5 Å². The van der Waals surface area contributed by atoms with Gasteiger partial charge in [-0.25, -0.2) is 0 Å². The van der Waals surface area contributed by atoms with Crippen LogP contribution in [0.5, 0.6) is 0 Å². The number of ether oxygens (including phenoxy) is 4. The number of nitrogens with two attached hydrogens (primary N) is 1. The van der Waals surface area contributed by atoms with Crippen LogP contribution in [-0.2, 0) is 52.5 Å². The topological polar surface area (TPSA) is 267 Å². The van der Waals surface area contributed by atoms with Crippen molar-refractivity contribution in [1.82, 2.24) is 10.6 Å². The Hall–Kier alpha value is -1.41. The third-order valence-corrected chi connectivity index (χ3v) is 23.9. The fourth-order valence-corrected chi connectivity index (χ4v) is 19.9. The summed E-state index contributed by atoms with van der Waals surface area (Å²) in [5.41, 5.74) is 5.43. The predicted octanol–water partition coefficient (Wildman–Crippen LogP) is 9.49. The molecule has 0 radical (unpaired) electrons. The highest BCUT2D eigenvalue weighted by Crippen LogP contribution is 2.83. The number of rotatable bonds is 48. The number of carbonyl (C=O) groups excluding carboxylic acids is 4. The number of Topliss-reactive ketones (excluding diaryl/α,β-unsaturated/α-hetero) is 2. The minimum atomic E-state index is -1.07. The van der Waals surface area contributed by atoms with E-state index in [0.717, 1.165) is 44.9 Å². The molecule has 70 heavy (non-hydrogen) atoms. The van der Waals surface area contributed by atoms with E-state index in [9.17, 15) is 38.7 Å². The SMILES string of the molecule is C1SSC2(SS1)SS2.N[C@@H](CCCCNC(=O)COCCOCCCC(=O)COCCOCCNC(=O)CC[C@H](CC(=O)CCCCCCCCCCCCCCCCCCC(=O)O)C(=O)O)C(=O)O. The Morgan fingerprint density at radius 3 is 1.50 bits per heavy atom. The summed E-state index contributed by atoms with van der Waals surface area (Å²) in [6.07, 6.45) is 21.1. The number of carbonyl (C=O) groups is 7. The molecule has 0 unspecified atom stereocenters. The normalized spacial score (nSPS) is 14.5. The Bertz CT molecular complexity index is 1430. The standard InChI is InChI=1S/C45H81N3O14.C2H2S6/c46-40(45(57)58)22-17-18-26-47-42(52)36-62-33-30-59-28-19-21-39(50)35-61-32-31-60-29-27-48-41(51)25-24-37(44(55)56)34-38(49)20-15-13-11-9-7-5-3-1-2-4-6-8-10-12-14-16-23-43(53)54;1-3-5-2(6-4-1)7-8-2/h37,40H,1-36,46H2,(H,47,52)(H,48,51)(H,53,54)(H,55,56)(H,57,58);1H2/t37-,40+;/m1./s1. The first-order valence-electron chi connectivity index (χ1n) is 25.1. The van der Waals surface area contributed by atoms with Gasteiger partial charge in [-0.1, -0.05) is 133 Å². The molecule has 0 aromatic rings. The Balaban J connectivity index is 0.00000272. The summed E-state index contributed by atoms with van der Waals surface area (Å²) in [6.45, 7) is 2.01. The number of unbranched alkanes of at least 4 members (excludes halogenated alkanes) is 16. The molecule has 2 aliphatic heterocycles. The van der Waals surface area contributed by atoms with E-state index in [-0.39, 0.29) is 108 Å². The summed E-state index contributed by atoms with van der Waals surface area (Å²) in [4.78, 5) is 81.3. The van der Waals surface area contributed by atoms with Gasteiger partial charge < -0.3 is 50.6 Å². The van der Waals surface area contributed by atoms with E-state index in [4.69, 9.17) is 34.9 Å². The van der Waals surface area contributed by atoms with Crippen molar-refractivity contribution < 1.29 is 67.8 Å². The van der Waals surface area contributed by atoms with Crippen LogP contribution in [0.1, 0.15) is 167 Å². The zero-order valence-electron chi connectivity index (χ0n) is 41.2. The van der Waals surface area contributed by atoms with Crippen LogP contribution in [0.2, 0.25) is 0 Å². The molecule has 406 valence electrons. The molecule has 7 N–H and O–H groups in total. The van der Waals surface area contributed by atoms with Crippen molar-refractivity contribution in [1.29, 1.82) is 0 Å². The second-order valence-electron chi connectivity index (χ2n) is 17.2. The van der Waals surface area contributed by atoms with E-state index < -0.39 is 29.9 Å². The number of nitrogens with one attached hydrogen (secondary N) is 2. The zero-order chi connectivity index (χ0) is 51.3. The molecule has 1 spiro atoms. The van der Waals surface area contributed by atoms with Crippen molar-refractivity contribution in [2.75, 3.05) is 71.0 Å². The van der Waals surface area contributed by atoms with Gasteiger partial charge in [0, 0.05) is 51.8 Å². The van der Waals surface area contributed by atoms with Gasteiger partial charge in [0.05, 0.1) is 44.0 Å². The number of aliphatic carboxylic acids is 3. The molecule has 0 bridgehead atoms. The molecule has 17 nitrogen and oxygen atoms in total. The molecule has 2 rings (SSSR count). The molecule has 0 aliphatic carbocycles. The summed E-state index contributed by atoms with van der Waals surface area (Å²) in [6, 6.07) is -0.891. The Morgan fingerprint density at radius 1 is 0.471 bits per heavy atom. The monoisotopic (exact) mass is 1110 g/mol. The molecule has 2 heterocycles. The minimum absolute atomic E-state index is 0.00228. The lowest BCUT2D eigenvalue weighted by atomic mass is 9.94. The van der Waals surface area contributed by atoms with Gasteiger partial charge in [-0.3, -0.25) is 33.6 Å². The van der Waals surface area contributed by atoms with E-state index in [0.29, 0.717) is 48.0 Å². The second kappa shape index (κ2) is 46.1. The predicted molar refractivity (Wildman–Crippen MR) is 287 cm³/mol. The highest BCUT2D eigenvalue weighted by Gasteiger charge is 2.50. The van der Waals surface area contributed by atoms with Crippen molar-refractivity contribution in [2.24, 2.45) is 11.7 Å². The first-order valence-corrected chi connectivity index (χ1v) is 31.9. The molecule has 0 aromatic carbocycles. The molecule has 2 aliphatic rings. The van der Waals surface area contributed by atoms with Gasteiger partial charge in [-0.2, -0.15) is 0 Å². The maximum Gasteiger partial charge on any atom is 0.320 e. The zero-order valence-corrected chi connectivity index (χ0v) is 46.1. The van der Waals surface area contributed by atoms with Gasteiger partial charge in [0.15, 0.2) is 8.53 Å². The Morgan fingerprint density at radius 2 is 0.971 bits per heavy atom. The van der Waals surface area contributed by atoms with E-state index >= 15 is 0 Å².